The number of aryl methyl sites for hydroxylation is 1. The first-order chi connectivity index (χ1) is 12.7. The van der Waals surface area contributed by atoms with Crippen molar-refractivity contribution in [2.45, 2.75) is 20.4 Å². The molecule has 0 saturated carbocycles. The van der Waals surface area contributed by atoms with Gasteiger partial charge in [-0.3, -0.25) is 0 Å². The van der Waals surface area contributed by atoms with Crippen LogP contribution >= 0.6 is 0 Å². The molecule has 5 nitrogen and oxygen atoms in total. The van der Waals surface area contributed by atoms with E-state index in [0.29, 0.717) is 30.4 Å². The van der Waals surface area contributed by atoms with Crippen LogP contribution < -0.4 is 5.32 Å². The SMILES string of the molecule is CCOC(=O)c1cnc(-c2ccccc2C)nc1NCc1ccccc1. The summed E-state index contributed by atoms with van der Waals surface area (Å²) in [5.74, 6) is 0.617. The molecule has 5 heteroatoms. The number of ether oxygens (including phenoxy) is 1. The lowest BCUT2D eigenvalue weighted by Gasteiger charge is -2.12. The van der Waals surface area contributed by atoms with Crippen molar-refractivity contribution in [3.8, 4) is 11.4 Å². The maximum atomic E-state index is 12.2. The Morgan fingerprint density at radius 2 is 1.81 bits per heavy atom. The number of hydrogen-bond donors (Lipinski definition) is 1. The summed E-state index contributed by atoms with van der Waals surface area (Å²) < 4.78 is 5.13. The Morgan fingerprint density at radius 3 is 2.54 bits per heavy atom. The predicted octanol–water partition coefficient (Wildman–Crippen LogP) is 4.24. The lowest BCUT2D eigenvalue weighted by Crippen LogP contribution is -2.13. The van der Waals surface area contributed by atoms with Crippen molar-refractivity contribution in [1.82, 2.24) is 9.97 Å². The Labute approximate surface area is 153 Å². The molecule has 0 amide bonds. The number of anilines is 1. The van der Waals surface area contributed by atoms with Crippen LogP contribution in [0, 0.1) is 6.92 Å². The summed E-state index contributed by atoms with van der Waals surface area (Å²) in [4.78, 5) is 21.2. The van der Waals surface area contributed by atoms with E-state index in [-0.39, 0.29) is 0 Å². The lowest BCUT2D eigenvalue weighted by molar-refractivity contribution is 0.0526. The topological polar surface area (TPSA) is 64.1 Å². The zero-order chi connectivity index (χ0) is 18.4. The maximum Gasteiger partial charge on any atom is 0.343 e. The Hall–Kier alpha value is -3.21. The van der Waals surface area contributed by atoms with Crippen LogP contribution in [0.5, 0.6) is 0 Å². The number of rotatable bonds is 6. The number of hydrogen-bond acceptors (Lipinski definition) is 5. The molecule has 3 rings (SSSR count). The van der Waals surface area contributed by atoms with E-state index in [1.54, 1.807) is 6.92 Å². The molecule has 0 saturated heterocycles. The average Bonchev–Trinajstić information content (AvgIpc) is 2.67. The van der Waals surface area contributed by atoms with E-state index in [0.717, 1.165) is 16.7 Å². The van der Waals surface area contributed by atoms with Crippen LogP contribution in [0.25, 0.3) is 11.4 Å². The van der Waals surface area contributed by atoms with E-state index < -0.39 is 5.97 Å². The maximum absolute atomic E-state index is 12.2. The molecule has 0 spiro atoms. The number of benzene rings is 2. The van der Waals surface area contributed by atoms with E-state index in [1.165, 1.54) is 6.20 Å². The van der Waals surface area contributed by atoms with Crippen molar-refractivity contribution < 1.29 is 9.53 Å². The molecule has 26 heavy (non-hydrogen) atoms. The fraction of sp³-hybridized carbons (Fsp3) is 0.190. The van der Waals surface area contributed by atoms with Crippen molar-refractivity contribution in [3.63, 3.8) is 0 Å². The molecule has 0 atom stereocenters. The average molecular weight is 347 g/mol. The Balaban J connectivity index is 1.95. The Bertz CT molecular complexity index is 895. The molecule has 1 aromatic heterocycles. The minimum Gasteiger partial charge on any atom is -0.462 e. The van der Waals surface area contributed by atoms with E-state index in [2.05, 4.69) is 15.3 Å². The van der Waals surface area contributed by atoms with Crippen molar-refractivity contribution in [2.24, 2.45) is 0 Å². The van der Waals surface area contributed by atoms with Crippen molar-refractivity contribution >= 4 is 11.8 Å². The highest BCUT2D eigenvalue weighted by molar-refractivity contribution is 5.94. The molecule has 3 aromatic rings. The molecule has 2 aromatic carbocycles. The van der Waals surface area contributed by atoms with Gasteiger partial charge in [0.2, 0.25) is 0 Å². The molecule has 0 fully saturated rings. The van der Waals surface area contributed by atoms with Crippen LogP contribution in [0.15, 0.2) is 60.8 Å². The molecule has 0 radical (unpaired) electrons. The molecule has 132 valence electrons. The largest absolute Gasteiger partial charge is 0.462 e. The third-order valence-corrected chi connectivity index (χ3v) is 3.97. The molecule has 0 bridgehead atoms. The molecule has 1 N–H and O–H groups in total. The minimum atomic E-state index is -0.431. The first-order valence-corrected chi connectivity index (χ1v) is 8.57. The number of carbonyl (C=O) groups is 1. The first kappa shape index (κ1) is 17.6. The van der Waals surface area contributed by atoms with Gasteiger partial charge in [-0.05, 0) is 25.0 Å². The molecule has 0 aliphatic rings. The number of carbonyl (C=O) groups excluding carboxylic acids is 1. The van der Waals surface area contributed by atoms with Gasteiger partial charge in [-0.25, -0.2) is 14.8 Å². The van der Waals surface area contributed by atoms with Crippen LogP contribution in [-0.2, 0) is 11.3 Å². The van der Waals surface area contributed by atoms with Crippen LogP contribution in [-0.4, -0.2) is 22.5 Å². The van der Waals surface area contributed by atoms with Crippen LogP contribution in [0.3, 0.4) is 0 Å². The highest BCUT2D eigenvalue weighted by atomic mass is 16.5. The van der Waals surface area contributed by atoms with Gasteiger partial charge in [-0.1, -0.05) is 54.6 Å². The summed E-state index contributed by atoms with van der Waals surface area (Å²) in [6, 6.07) is 17.8. The monoisotopic (exact) mass is 347 g/mol. The number of aromatic nitrogens is 2. The van der Waals surface area contributed by atoms with Gasteiger partial charge in [0, 0.05) is 18.3 Å². The second-order valence-corrected chi connectivity index (χ2v) is 5.83. The smallest absolute Gasteiger partial charge is 0.343 e. The van der Waals surface area contributed by atoms with Gasteiger partial charge >= 0.3 is 5.97 Å². The van der Waals surface area contributed by atoms with Crippen LogP contribution in [0.4, 0.5) is 5.82 Å². The standard InChI is InChI=1S/C21H21N3O2/c1-3-26-21(25)18-14-23-19(17-12-8-7-9-15(17)2)24-20(18)22-13-16-10-5-4-6-11-16/h4-12,14H,3,13H2,1-2H3,(H,22,23,24). The zero-order valence-corrected chi connectivity index (χ0v) is 14.9. The van der Waals surface area contributed by atoms with E-state index in [1.807, 2.05) is 61.5 Å². The highest BCUT2D eigenvalue weighted by Crippen LogP contribution is 2.23. The fourth-order valence-electron chi connectivity index (χ4n) is 2.61. The van der Waals surface area contributed by atoms with Crippen molar-refractivity contribution in [2.75, 3.05) is 11.9 Å². The predicted molar refractivity (Wildman–Crippen MR) is 102 cm³/mol. The number of esters is 1. The minimum absolute atomic E-state index is 0.302. The molecule has 0 unspecified atom stereocenters. The molecule has 0 aliphatic carbocycles. The van der Waals surface area contributed by atoms with Gasteiger partial charge in [0.15, 0.2) is 5.82 Å². The molecular weight excluding hydrogens is 326 g/mol. The quantitative estimate of drug-likeness (QED) is 0.676. The molecule has 0 aliphatic heterocycles. The van der Waals surface area contributed by atoms with Gasteiger partial charge in [-0.15, -0.1) is 0 Å². The van der Waals surface area contributed by atoms with E-state index in [4.69, 9.17) is 4.74 Å². The summed E-state index contributed by atoms with van der Waals surface area (Å²) in [5.41, 5.74) is 3.44. The van der Waals surface area contributed by atoms with E-state index in [9.17, 15) is 4.79 Å². The zero-order valence-electron chi connectivity index (χ0n) is 14.9. The van der Waals surface area contributed by atoms with E-state index >= 15 is 0 Å². The van der Waals surface area contributed by atoms with Gasteiger partial charge in [0.25, 0.3) is 0 Å². The summed E-state index contributed by atoms with van der Waals surface area (Å²) >= 11 is 0. The third kappa shape index (κ3) is 4.06. The second kappa shape index (κ2) is 8.25. The molecular formula is C21H21N3O2. The van der Waals surface area contributed by atoms with Gasteiger partial charge in [0.1, 0.15) is 11.4 Å². The summed E-state index contributed by atoms with van der Waals surface area (Å²) in [6.07, 6.45) is 1.53. The van der Waals surface area contributed by atoms with Crippen molar-refractivity contribution in [1.29, 1.82) is 0 Å². The van der Waals surface area contributed by atoms with Gasteiger partial charge in [0.05, 0.1) is 6.61 Å². The summed E-state index contributed by atoms with van der Waals surface area (Å²) in [7, 11) is 0. The summed E-state index contributed by atoms with van der Waals surface area (Å²) in [6.45, 7) is 4.64. The van der Waals surface area contributed by atoms with Crippen molar-refractivity contribution in [3.05, 3.63) is 77.5 Å². The molecule has 1 heterocycles. The third-order valence-electron chi connectivity index (χ3n) is 3.97. The van der Waals surface area contributed by atoms with Gasteiger partial charge in [-0.2, -0.15) is 0 Å². The Morgan fingerprint density at radius 1 is 1.08 bits per heavy atom. The first-order valence-electron chi connectivity index (χ1n) is 8.57. The fourth-order valence-corrected chi connectivity index (χ4v) is 2.61. The summed E-state index contributed by atoms with van der Waals surface area (Å²) in [5, 5.41) is 3.25. The highest BCUT2D eigenvalue weighted by Gasteiger charge is 2.17. The lowest BCUT2D eigenvalue weighted by atomic mass is 10.1. The Kier molecular flexibility index (Phi) is 5.59. The van der Waals surface area contributed by atoms with Gasteiger partial charge < -0.3 is 10.1 Å². The second-order valence-electron chi connectivity index (χ2n) is 5.83. The number of nitrogens with zero attached hydrogens (tertiary/aromatic N) is 2. The normalized spacial score (nSPS) is 10.4. The number of nitrogens with one attached hydrogen (secondary N) is 1. The van der Waals surface area contributed by atoms with Crippen LogP contribution in [0.2, 0.25) is 0 Å². The van der Waals surface area contributed by atoms with Crippen LogP contribution in [0.1, 0.15) is 28.4 Å².